The zero-order chi connectivity index (χ0) is 25.5. The number of nitrogens with one attached hydrogen (secondary N) is 1. The van der Waals surface area contributed by atoms with Crippen molar-refractivity contribution < 1.29 is 13.2 Å². The van der Waals surface area contributed by atoms with Gasteiger partial charge in [0.1, 0.15) is 0 Å². The van der Waals surface area contributed by atoms with Crippen molar-refractivity contribution in [3.8, 4) is 0 Å². The summed E-state index contributed by atoms with van der Waals surface area (Å²) < 4.78 is 26.1. The molecule has 0 aromatic heterocycles. The Morgan fingerprint density at radius 1 is 0.917 bits per heavy atom. The number of sulfonamides is 1. The third-order valence-electron chi connectivity index (χ3n) is 6.37. The van der Waals surface area contributed by atoms with Crippen molar-refractivity contribution >= 4 is 33.2 Å². The van der Waals surface area contributed by atoms with E-state index in [1.807, 2.05) is 0 Å². The number of anilines is 1. The quantitative estimate of drug-likeness (QED) is 0.415. The van der Waals surface area contributed by atoms with Crippen LogP contribution in [0.1, 0.15) is 46.3 Å². The molecule has 6 nitrogen and oxygen atoms in total. The first-order valence-electron chi connectivity index (χ1n) is 12.2. The average Bonchev–Trinajstić information content (AvgIpc) is 2.87. The summed E-state index contributed by atoms with van der Waals surface area (Å²) in [5.74, 6) is -0.172. The summed E-state index contributed by atoms with van der Waals surface area (Å²) in [5.41, 5.74) is 4.13. The number of carbonyl (C=O) groups excluding carboxylic acids is 1. The Labute approximate surface area is 218 Å². The van der Waals surface area contributed by atoms with E-state index >= 15 is 0 Å². The van der Waals surface area contributed by atoms with E-state index in [1.165, 1.54) is 42.2 Å². The van der Waals surface area contributed by atoms with Gasteiger partial charge in [-0.25, -0.2) is 8.42 Å². The molecule has 1 aliphatic rings. The number of carbonyl (C=O) groups is 1. The maximum Gasteiger partial charge on any atom is 0.251 e. The fourth-order valence-electron chi connectivity index (χ4n) is 4.38. The fraction of sp³-hybridized carbons (Fsp3) is 0.321. The number of piperidine rings is 1. The molecule has 3 aromatic rings. The third-order valence-corrected chi connectivity index (χ3v) is 7.75. The molecular formula is C28H32ClN3O3S. The van der Waals surface area contributed by atoms with Gasteiger partial charge in [-0.1, -0.05) is 60.5 Å². The lowest BCUT2D eigenvalue weighted by molar-refractivity contribution is 0.0951. The van der Waals surface area contributed by atoms with Crippen LogP contribution in [-0.2, 0) is 29.7 Å². The van der Waals surface area contributed by atoms with Crippen molar-refractivity contribution in [1.29, 1.82) is 0 Å². The van der Waals surface area contributed by atoms with Crippen LogP contribution >= 0.6 is 11.6 Å². The van der Waals surface area contributed by atoms with E-state index in [2.05, 4.69) is 34.5 Å². The number of likely N-dealkylation sites (tertiary alicyclic amines) is 1. The summed E-state index contributed by atoms with van der Waals surface area (Å²) in [6, 6.07) is 22.1. The molecule has 1 heterocycles. The molecule has 3 aromatic carbocycles. The summed E-state index contributed by atoms with van der Waals surface area (Å²) in [6.45, 7) is 3.91. The minimum Gasteiger partial charge on any atom is -0.348 e. The highest BCUT2D eigenvalue weighted by Crippen LogP contribution is 2.24. The van der Waals surface area contributed by atoms with Crippen molar-refractivity contribution in [1.82, 2.24) is 10.2 Å². The standard InChI is InChI=1S/C28H32ClN3O3S/c1-36(34,35)32(27-7-5-6-26(29)18-27)21-24-12-14-25(15-13-24)28(33)30-19-22-8-10-23(11-9-22)20-31-16-3-2-4-17-31/h5-15,18H,2-4,16-17,19-21H2,1H3,(H,30,33). The van der Waals surface area contributed by atoms with E-state index < -0.39 is 10.0 Å². The van der Waals surface area contributed by atoms with Crippen LogP contribution in [0.2, 0.25) is 5.02 Å². The van der Waals surface area contributed by atoms with E-state index in [0.717, 1.165) is 23.9 Å². The van der Waals surface area contributed by atoms with Crippen molar-refractivity contribution in [2.24, 2.45) is 0 Å². The first kappa shape index (κ1) is 26.2. The minimum absolute atomic E-state index is 0.144. The van der Waals surface area contributed by atoms with Gasteiger partial charge in [0.15, 0.2) is 0 Å². The molecule has 0 radical (unpaired) electrons. The normalized spacial score (nSPS) is 14.4. The van der Waals surface area contributed by atoms with Gasteiger partial charge in [0.25, 0.3) is 5.91 Å². The second-order valence-electron chi connectivity index (χ2n) is 9.28. The Bertz CT molecular complexity index is 1270. The van der Waals surface area contributed by atoms with Crippen LogP contribution in [0.25, 0.3) is 0 Å². The molecule has 1 fully saturated rings. The van der Waals surface area contributed by atoms with Crippen LogP contribution in [-0.4, -0.2) is 38.6 Å². The molecule has 1 aliphatic heterocycles. The molecule has 0 bridgehead atoms. The van der Waals surface area contributed by atoms with Gasteiger partial charge in [-0.2, -0.15) is 0 Å². The molecule has 0 spiro atoms. The summed E-state index contributed by atoms with van der Waals surface area (Å²) >= 11 is 6.05. The first-order valence-corrected chi connectivity index (χ1v) is 14.4. The van der Waals surface area contributed by atoms with Crippen LogP contribution in [0.15, 0.2) is 72.8 Å². The van der Waals surface area contributed by atoms with E-state index in [1.54, 1.807) is 48.5 Å². The summed E-state index contributed by atoms with van der Waals surface area (Å²) in [5, 5.41) is 3.43. The van der Waals surface area contributed by atoms with Crippen LogP contribution in [0.3, 0.4) is 0 Å². The van der Waals surface area contributed by atoms with Gasteiger partial charge in [-0.3, -0.25) is 14.0 Å². The minimum atomic E-state index is -3.52. The van der Waals surface area contributed by atoms with Crippen molar-refractivity contribution in [3.63, 3.8) is 0 Å². The maximum atomic E-state index is 12.7. The van der Waals surface area contributed by atoms with E-state index in [9.17, 15) is 13.2 Å². The third kappa shape index (κ3) is 7.32. The number of hydrogen-bond acceptors (Lipinski definition) is 4. The number of rotatable bonds is 9. The largest absolute Gasteiger partial charge is 0.348 e. The smallest absolute Gasteiger partial charge is 0.251 e. The molecule has 0 atom stereocenters. The van der Waals surface area contributed by atoms with Crippen LogP contribution in [0.4, 0.5) is 5.69 Å². The van der Waals surface area contributed by atoms with Crippen LogP contribution in [0, 0.1) is 0 Å². The molecular weight excluding hydrogens is 494 g/mol. The van der Waals surface area contributed by atoms with Gasteiger partial charge in [-0.05, 0) is 73.0 Å². The predicted octanol–water partition coefficient (Wildman–Crippen LogP) is 5.22. The Kier molecular flexibility index (Phi) is 8.67. The number of hydrogen-bond donors (Lipinski definition) is 1. The number of halogens is 1. The van der Waals surface area contributed by atoms with Gasteiger partial charge in [0.2, 0.25) is 10.0 Å². The molecule has 1 saturated heterocycles. The topological polar surface area (TPSA) is 69.7 Å². The van der Waals surface area contributed by atoms with Gasteiger partial charge < -0.3 is 5.32 Å². The molecule has 8 heteroatoms. The Morgan fingerprint density at radius 3 is 2.19 bits per heavy atom. The lowest BCUT2D eigenvalue weighted by Gasteiger charge is -2.26. The second kappa shape index (κ2) is 11.9. The van der Waals surface area contributed by atoms with Crippen molar-refractivity contribution in [2.45, 2.75) is 38.9 Å². The molecule has 1 N–H and O–H groups in total. The van der Waals surface area contributed by atoms with Gasteiger partial charge in [-0.15, -0.1) is 0 Å². The predicted molar refractivity (Wildman–Crippen MR) is 146 cm³/mol. The molecule has 36 heavy (non-hydrogen) atoms. The summed E-state index contributed by atoms with van der Waals surface area (Å²) in [6.07, 6.45) is 5.06. The van der Waals surface area contributed by atoms with Crippen LogP contribution < -0.4 is 9.62 Å². The first-order chi connectivity index (χ1) is 17.3. The monoisotopic (exact) mass is 525 g/mol. The molecule has 4 rings (SSSR count). The second-order valence-corrected chi connectivity index (χ2v) is 11.6. The zero-order valence-corrected chi connectivity index (χ0v) is 22.1. The number of amides is 1. The molecule has 0 aliphatic carbocycles. The molecule has 0 unspecified atom stereocenters. The SMILES string of the molecule is CS(=O)(=O)N(Cc1ccc(C(=O)NCc2ccc(CN3CCCCC3)cc2)cc1)c1cccc(Cl)c1. The lowest BCUT2D eigenvalue weighted by atomic mass is 10.1. The number of benzene rings is 3. The van der Waals surface area contributed by atoms with Gasteiger partial charge in [0.05, 0.1) is 18.5 Å². The summed E-state index contributed by atoms with van der Waals surface area (Å²) in [4.78, 5) is 15.2. The van der Waals surface area contributed by atoms with Crippen LogP contribution in [0.5, 0.6) is 0 Å². The Morgan fingerprint density at radius 2 is 1.56 bits per heavy atom. The van der Waals surface area contributed by atoms with E-state index in [0.29, 0.717) is 22.8 Å². The van der Waals surface area contributed by atoms with Crippen molar-refractivity contribution in [3.05, 3.63) is 100 Å². The van der Waals surface area contributed by atoms with Crippen molar-refractivity contribution in [2.75, 3.05) is 23.7 Å². The molecule has 1 amide bonds. The average molecular weight is 526 g/mol. The lowest BCUT2D eigenvalue weighted by Crippen LogP contribution is -2.29. The highest BCUT2D eigenvalue weighted by molar-refractivity contribution is 7.92. The van der Waals surface area contributed by atoms with Gasteiger partial charge in [0, 0.05) is 23.7 Å². The molecule has 0 saturated carbocycles. The Hall–Kier alpha value is -2.87. The Balaban J connectivity index is 1.33. The number of nitrogens with zero attached hydrogens (tertiary/aromatic N) is 2. The highest BCUT2D eigenvalue weighted by atomic mass is 35.5. The fourth-order valence-corrected chi connectivity index (χ4v) is 5.45. The van der Waals surface area contributed by atoms with E-state index in [-0.39, 0.29) is 12.5 Å². The maximum absolute atomic E-state index is 12.7. The van der Waals surface area contributed by atoms with E-state index in [4.69, 9.17) is 11.6 Å². The zero-order valence-electron chi connectivity index (χ0n) is 20.5. The van der Waals surface area contributed by atoms with Gasteiger partial charge >= 0.3 is 0 Å². The molecule has 190 valence electrons. The summed E-state index contributed by atoms with van der Waals surface area (Å²) in [7, 11) is -3.52. The highest BCUT2D eigenvalue weighted by Gasteiger charge is 2.18.